The molecule has 1 aromatic heterocycles. The van der Waals surface area contributed by atoms with Crippen molar-refractivity contribution in [2.24, 2.45) is 7.05 Å². The second-order valence-corrected chi connectivity index (χ2v) is 7.84. The molecule has 0 aliphatic carbocycles. The number of nitrogens with one attached hydrogen (secondary N) is 1. The highest BCUT2D eigenvalue weighted by molar-refractivity contribution is 5.98. The van der Waals surface area contributed by atoms with Crippen molar-refractivity contribution in [3.8, 4) is 0 Å². The Balaban J connectivity index is 1.59. The van der Waals surface area contributed by atoms with Crippen LogP contribution in [0.3, 0.4) is 0 Å². The number of nitrogens with zero attached hydrogens (tertiary/aromatic N) is 3. The van der Waals surface area contributed by atoms with E-state index in [0.29, 0.717) is 5.69 Å². The second-order valence-electron chi connectivity index (χ2n) is 7.84. The highest BCUT2D eigenvalue weighted by atomic mass is 19.1. The number of piperazine rings is 1. The van der Waals surface area contributed by atoms with Crippen molar-refractivity contribution in [1.29, 1.82) is 0 Å². The first-order valence-corrected chi connectivity index (χ1v) is 10.0. The molecule has 0 spiro atoms. The number of aryl methyl sites for hydroxylation is 1. The Morgan fingerprint density at radius 1 is 1.03 bits per heavy atom. The molecule has 0 bridgehead atoms. The van der Waals surface area contributed by atoms with Crippen LogP contribution >= 0.6 is 0 Å². The number of amides is 1. The van der Waals surface area contributed by atoms with E-state index in [1.807, 2.05) is 54.9 Å². The maximum Gasteiger partial charge on any atom is 0.268 e. The molecule has 0 radical (unpaired) electrons. The summed E-state index contributed by atoms with van der Waals surface area (Å²) in [6.07, 6.45) is 0. The maximum atomic E-state index is 14.1. The van der Waals surface area contributed by atoms with Gasteiger partial charge < -0.3 is 19.7 Å². The molecule has 2 heterocycles. The number of carbonyl (C=O) groups is 1. The van der Waals surface area contributed by atoms with Crippen LogP contribution in [0.25, 0.3) is 10.9 Å². The average Bonchev–Trinajstić information content (AvgIpc) is 3.06. The molecule has 1 fully saturated rings. The Morgan fingerprint density at radius 3 is 2.48 bits per heavy atom. The first kappa shape index (κ1) is 19.5. The molecule has 5 nitrogen and oxygen atoms in total. The van der Waals surface area contributed by atoms with Crippen molar-refractivity contribution >= 4 is 22.5 Å². The van der Waals surface area contributed by atoms with E-state index in [1.54, 1.807) is 6.07 Å². The van der Waals surface area contributed by atoms with Gasteiger partial charge in [-0.2, -0.15) is 0 Å². The molecule has 1 atom stereocenters. The molecule has 1 amide bonds. The molecule has 6 heteroatoms. The number of carbonyl (C=O) groups excluding carboxylic acids is 1. The Hall–Kier alpha value is -2.86. The second kappa shape index (κ2) is 7.87. The summed E-state index contributed by atoms with van der Waals surface area (Å²) in [6, 6.07) is 14.4. The van der Waals surface area contributed by atoms with E-state index in [-0.39, 0.29) is 17.8 Å². The standard InChI is InChI=1S/C23H27FN4O/c1-16(25-23(29)22-14-17-6-4-5-7-20(17)27(22)3)19-15-18(24)8-9-21(19)28-12-10-26(2)11-13-28/h4-9,14-16H,10-13H2,1-3H3,(H,25,29). The van der Waals surface area contributed by atoms with Crippen LogP contribution in [-0.4, -0.2) is 48.6 Å². The number of para-hydroxylation sites is 1. The van der Waals surface area contributed by atoms with Crippen molar-refractivity contribution in [3.05, 3.63) is 65.6 Å². The summed E-state index contributed by atoms with van der Waals surface area (Å²) < 4.78 is 16.0. The van der Waals surface area contributed by atoms with E-state index in [2.05, 4.69) is 22.2 Å². The molecule has 3 aromatic rings. The van der Waals surface area contributed by atoms with E-state index in [9.17, 15) is 9.18 Å². The lowest BCUT2D eigenvalue weighted by molar-refractivity contribution is 0.0932. The largest absolute Gasteiger partial charge is 0.369 e. The van der Waals surface area contributed by atoms with Gasteiger partial charge in [0.25, 0.3) is 5.91 Å². The lowest BCUT2D eigenvalue weighted by Crippen LogP contribution is -2.45. The van der Waals surface area contributed by atoms with Gasteiger partial charge in [0.15, 0.2) is 0 Å². The van der Waals surface area contributed by atoms with Crippen LogP contribution in [0.15, 0.2) is 48.5 Å². The summed E-state index contributed by atoms with van der Waals surface area (Å²) in [5.74, 6) is -0.451. The summed E-state index contributed by atoms with van der Waals surface area (Å²) in [4.78, 5) is 17.5. The Kier molecular flexibility index (Phi) is 5.28. The fraction of sp³-hybridized carbons (Fsp3) is 0.348. The van der Waals surface area contributed by atoms with Gasteiger partial charge in [-0.15, -0.1) is 0 Å². The molecule has 152 valence electrons. The molecule has 29 heavy (non-hydrogen) atoms. The first-order chi connectivity index (χ1) is 13.9. The van der Waals surface area contributed by atoms with Crippen molar-refractivity contribution in [2.45, 2.75) is 13.0 Å². The highest BCUT2D eigenvalue weighted by Crippen LogP contribution is 2.29. The minimum absolute atomic E-state index is 0.162. The van der Waals surface area contributed by atoms with Gasteiger partial charge in [0.1, 0.15) is 11.5 Å². The number of hydrogen-bond donors (Lipinski definition) is 1. The zero-order valence-corrected chi connectivity index (χ0v) is 17.2. The van der Waals surface area contributed by atoms with Crippen molar-refractivity contribution in [2.75, 3.05) is 38.1 Å². The normalized spacial score (nSPS) is 16.2. The Bertz CT molecular complexity index is 1040. The highest BCUT2D eigenvalue weighted by Gasteiger charge is 2.22. The SMILES string of the molecule is CC(NC(=O)c1cc2ccccc2n1C)c1cc(F)ccc1N1CCN(C)CC1. The van der Waals surface area contributed by atoms with E-state index in [1.165, 1.54) is 6.07 Å². The van der Waals surface area contributed by atoms with Crippen molar-refractivity contribution in [1.82, 2.24) is 14.8 Å². The van der Waals surface area contributed by atoms with Gasteiger partial charge in [-0.05, 0) is 44.3 Å². The summed E-state index contributed by atoms with van der Waals surface area (Å²) in [5.41, 5.74) is 3.40. The number of fused-ring (bicyclic) bond motifs is 1. The van der Waals surface area contributed by atoms with Gasteiger partial charge in [0.05, 0.1) is 6.04 Å². The molecule has 4 rings (SSSR count). The molecular formula is C23H27FN4O. The summed E-state index contributed by atoms with van der Waals surface area (Å²) in [6.45, 7) is 5.62. The van der Waals surface area contributed by atoms with Gasteiger partial charge in [-0.1, -0.05) is 18.2 Å². The predicted molar refractivity (Wildman–Crippen MR) is 115 cm³/mol. The third kappa shape index (κ3) is 3.85. The summed E-state index contributed by atoms with van der Waals surface area (Å²) in [5, 5.41) is 4.09. The van der Waals surface area contributed by atoms with Gasteiger partial charge in [-0.3, -0.25) is 4.79 Å². The lowest BCUT2D eigenvalue weighted by atomic mass is 10.0. The maximum absolute atomic E-state index is 14.1. The van der Waals surface area contributed by atoms with Crippen molar-refractivity contribution < 1.29 is 9.18 Å². The van der Waals surface area contributed by atoms with E-state index in [0.717, 1.165) is 48.3 Å². The zero-order valence-electron chi connectivity index (χ0n) is 17.2. The molecule has 1 saturated heterocycles. The number of aromatic nitrogens is 1. The quantitative estimate of drug-likeness (QED) is 0.736. The van der Waals surface area contributed by atoms with Crippen LogP contribution in [0.1, 0.15) is 29.0 Å². The number of benzene rings is 2. The lowest BCUT2D eigenvalue weighted by Gasteiger charge is -2.36. The molecule has 1 N–H and O–H groups in total. The van der Waals surface area contributed by atoms with Crippen LogP contribution in [-0.2, 0) is 7.05 Å². The number of anilines is 1. The van der Waals surface area contributed by atoms with Gasteiger partial charge in [0.2, 0.25) is 0 Å². The molecule has 1 aliphatic rings. The van der Waals surface area contributed by atoms with E-state index in [4.69, 9.17) is 0 Å². The number of hydrogen-bond acceptors (Lipinski definition) is 3. The fourth-order valence-electron chi connectivity index (χ4n) is 4.06. The van der Waals surface area contributed by atoms with Crippen LogP contribution in [0, 0.1) is 5.82 Å². The summed E-state index contributed by atoms with van der Waals surface area (Å²) >= 11 is 0. The topological polar surface area (TPSA) is 40.5 Å². The average molecular weight is 394 g/mol. The third-order valence-corrected chi connectivity index (χ3v) is 5.83. The third-order valence-electron chi connectivity index (χ3n) is 5.83. The van der Waals surface area contributed by atoms with Crippen LogP contribution in [0.2, 0.25) is 0 Å². The van der Waals surface area contributed by atoms with E-state index < -0.39 is 0 Å². The molecule has 0 saturated carbocycles. The number of halogens is 1. The van der Waals surface area contributed by atoms with Crippen LogP contribution < -0.4 is 10.2 Å². The Morgan fingerprint density at radius 2 is 1.76 bits per heavy atom. The predicted octanol–water partition coefficient (Wildman–Crippen LogP) is 3.56. The zero-order chi connectivity index (χ0) is 20.5. The molecular weight excluding hydrogens is 367 g/mol. The first-order valence-electron chi connectivity index (χ1n) is 10.0. The number of likely N-dealkylation sites (N-methyl/N-ethyl adjacent to an activating group) is 1. The van der Waals surface area contributed by atoms with Gasteiger partial charge in [-0.25, -0.2) is 4.39 Å². The molecule has 2 aromatic carbocycles. The van der Waals surface area contributed by atoms with Crippen molar-refractivity contribution in [3.63, 3.8) is 0 Å². The number of rotatable bonds is 4. The van der Waals surface area contributed by atoms with Gasteiger partial charge in [0, 0.05) is 55.4 Å². The van der Waals surface area contributed by atoms with E-state index >= 15 is 0 Å². The van der Waals surface area contributed by atoms with Crippen LogP contribution in [0.5, 0.6) is 0 Å². The van der Waals surface area contributed by atoms with Crippen LogP contribution in [0.4, 0.5) is 10.1 Å². The fourth-order valence-corrected chi connectivity index (χ4v) is 4.06. The molecule has 1 aliphatic heterocycles. The molecule has 1 unspecified atom stereocenters. The monoisotopic (exact) mass is 394 g/mol. The minimum atomic E-state index is -0.314. The minimum Gasteiger partial charge on any atom is -0.369 e. The van der Waals surface area contributed by atoms with Gasteiger partial charge >= 0.3 is 0 Å². The smallest absolute Gasteiger partial charge is 0.268 e. The summed E-state index contributed by atoms with van der Waals surface area (Å²) in [7, 11) is 4.00. The Labute approximate surface area is 170 Å².